The molecule has 2 aromatic rings. The van der Waals surface area contributed by atoms with E-state index in [9.17, 15) is 9.18 Å². The van der Waals surface area contributed by atoms with Crippen molar-refractivity contribution in [2.24, 2.45) is 0 Å². The molecular formula is C17H17FO2. The molecule has 0 atom stereocenters. The standard InChI is InChI=1S/C17H17FO2/c1-10-5-6-14(18)9-15(10)16(19)13-7-11(2)17(20-4)12(3)8-13/h5-9H,1-4H3. The van der Waals surface area contributed by atoms with E-state index in [2.05, 4.69) is 0 Å². The van der Waals surface area contributed by atoms with Crippen molar-refractivity contribution in [1.82, 2.24) is 0 Å². The van der Waals surface area contributed by atoms with Crippen molar-refractivity contribution in [2.45, 2.75) is 20.8 Å². The molecule has 0 aliphatic rings. The Kier molecular flexibility index (Phi) is 3.89. The molecule has 0 radical (unpaired) electrons. The van der Waals surface area contributed by atoms with E-state index in [1.54, 1.807) is 32.2 Å². The molecular weight excluding hydrogens is 255 g/mol. The maximum Gasteiger partial charge on any atom is 0.193 e. The van der Waals surface area contributed by atoms with E-state index in [1.807, 2.05) is 13.8 Å². The third-order valence-corrected chi connectivity index (χ3v) is 3.37. The summed E-state index contributed by atoms with van der Waals surface area (Å²) < 4.78 is 18.6. The minimum absolute atomic E-state index is 0.171. The number of ether oxygens (including phenoxy) is 1. The Hall–Kier alpha value is -2.16. The Bertz CT molecular complexity index is 652. The number of benzene rings is 2. The van der Waals surface area contributed by atoms with E-state index in [-0.39, 0.29) is 5.78 Å². The summed E-state index contributed by atoms with van der Waals surface area (Å²) in [6.45, 7) is 5.58. The zero-order valence-electron chi connectivity index (χ0n) is 12.1. The normalized spacial score (nSPS) is 10.4. The molecule has 2 aromatic carbocycles. The van der Waals surface area contributed by atoms with E-state index in [1.165, 1.54) is 12.1 Å². The lowest BCUT2D eigenvalue weighted by Gasteiger charge is -2.11. The molecule has 104 valence electrons. The molecule has 0 spiro atoms. The zero-order valence-corrected chi connectivity index (χ0v) is 12.1. The van der Waals surface area contributed by atoms with Crippen molar-refractivity contribution >= 4 is 5.78 Å². The highest BCUT2D eigenvalue weighted by Gasteiger charge is 2.15. The van der Waals surface area contributed by atoms with Crippen molar-refractivity contribution in [3.8, 4) is 5.75 Å². The monoisotopic (exact) mass is 272 g/mol. The summed E-state index contributed by atoms with van der Waals surface area (Å²) in [6.07, 6.45) is 0. The summed E-state index contributed by atoms with van der Waals surface area (Å²) in [4.78, 5) is 12.5. The van der Waals surface area contributed by atoms with Crippen LogP contribution in [-0.2, 0) is 0 Å². The van der Waals surface area contributed by atoms with Gasteiger partial charge in [0.1, 0.15) is 11.6 Å². The number of methoxy groups -OCH3 is 1. The zero-order chi connectivity index (χ0) is 14.9. The van der Waals surface area contributed by atoms with Gasteiger partial charge in [-0.2, -0.15) is 0 Å². The lowest BCUT2D eigenvalue weighted by molar-refractivity contribution is 0.103. The van der Waals surface area contributed by atoms with Gasteiger partial charge < -0.3 is 4.74 Å². The van der Waals surface area contributed by atoms with Gasteiger partial charge in [-0.15, -0.1) is 0 Å². The SMILES string of the molecule is COc1c(C)cc(C(=O)c2cc(F)ccc2C)cc1C. The fourth-order valence-corrected chi connectivity index (χ4v) is 2.40. The van der Waals surface area contributed by atoms with Crippen LogP contribution in [0.25, 0.3) is 0 Å². The molecule has 0 amide bonds. The smallest absolute Gasteiger partial charge is 0.193 e. The van der Waals surface area contributed by atoms with Crippen LogP contribution in [0.2, 0.25) is 0 Å². The molecule has 0 unspecified atom stereocenters. The first-order valence-corrected chi connectivity index (χ1v) is 6.40. The summed E-state index contributed by atoms with van der Waals surface area (Å²) in [5, 5.41) is 0. The fraction of sp³-hybridized carbons (Fsp3) is 0.235. The highest BCUT2D eigenvalue weighted by molar-refractivity contribution is 6.10. The Morgan fingerprint density at radius 1 is 1.00 bits per heavy atom. The number of rotatable bonds is 3. The van der Waals surface area contributed by atoms with Gasteiger partial charge in [-0.1, -0.05) is 6.07 Å². The minimum Gasteiger partial charge on any atom is -0.496 e. The van der Waals surface area contributed by atoms with Crippen LogP contribution in [0.4, 0.5) is 4.39 Å². The van der Waals surface area contributed by atoms with Crippen molar-refractivity contribution in [3.05, 3.63) is 64.0 Å². The minimum atomic E-state index is -0.402. The van der Waals surface area contributed by atoms with Gasteiger partial charge in [0.2, 0.25) is 0 Å². The molecule has 0 heterocycles. The van der Waals surface area contributed by atoms with Crippen LogP contribution in [0.15, 0.2) is 30.3 Å². The molecule has 0 aliphatic carbocycles. The Balaban J connectivity index is 2.51. The van der Waals surface area contributed by atoms with E-state index in [0.717, 1.165) is 22.4 Å². The first-order chi connectivity index (χ1) is 9.43. The highest BCUT2D eigenvalue weighted by atomic mass is 19.1. The predicted octanol–water partition coefficient (Wildman–Crippen LogP) is 3.99. The molecule has 0 saturated heterocycles. The van der Waals surface area contributed by atoms with Gasteiger partial charge in [-0.05, 0) is 61.7 Å². The van der Waals surface area contributed by atoms with Crippen molar-refractivity contribution in [1.29, 1.82) is 0 Å². The van der Waals surface area contributed by atoms with Crippen LogP contribution in [0.3, 0.4) is 0 Å². The first kappa shape index (κ1) is 14.3. The van der Waals surface area contributed by atoms with Crippen LogP contribution in [0.5, 0.6) is 5.75 Å². The number of hydrogen-bond acceptors (Lipinski definition) is 2. The van der Waals surface area contributed by atoms with Crippen LogP contribution in [-0.4, -0.2) is 12.9 Å². The van der Waals surface area contributed by atoms with Gasteiger partial charge in [0.15, 0.2) is 5.78 Å². The van der Waals surface area contributed by atoms with Gasteiger partial charge >= 0.3 is 0 Å². The molecule has 20 heavy (non-hydrogen) atoms. The van der Waals surface area contributed by atoms with E-state index in [4.69, 9.17) is 4.74 Å². The fourth-order valence-electron chi connectivity index (χ4n) is 2.40. The average Bonchev–Trinajstić information content (AvgIpc) is 2.40. The third-order valence-electron chi connectivity index (χ3n) is 3.37. The van der Waals surface area contributed by atoms with E-state index in [0.29, 0.717) is 11.1 Å². The molecule has 0 N–H and O–H groups in total. The Labute approximate surface area is 118 Å². The summed E-state index contributed by atoms with van der Waals surface area (Å²) in [7, 11) is 1.60. The lowest BCUT2D eigenvalue weighted by Crippen LogP contribution is -2.06. The van der Waals surface area contributed by atoms with Crippen molar-refractivity contribution in [3.63, 3.8) is 0 Å². The number of ketones is 1. The Morgan fingerprint density at radius 2 is 1.60 bits per heavy atom. The molecule has 0 aliphatic heterocycles. The third kappa shape index (κ3) is 2.57. The average molecular weight is 272 g/mol. The molecule has 3 heteroatoms. The second kappa shape index (κ2) is 5.45. The van der Waals surface area contributed by atoms with E-state index >= 15 is 0 Å². The molecule has 2 rings (SSSR count). The Morgan fingerprint density at radius 3 is 2.15 bits per heavy atom. The van der Waals surface area contributed by atoms with Crippen LogP contribution in [0, 0.1) is 26.6 Å². The molecule has 0 saturated carbocycles. The predicted molar refractivity (Wildman–Crippen MR) is 77.0 cm³/mol. The molecule has 0 fully saturated rings. The van der Waals surface area contributed by atoms with Gasteiger partial charge in [0.25, 0.3) is 0 Å². The number of aryl methyl sites for hydroxylation is 3. The largest absolute Gasteiger partial charge is 0.496 e. The number of halogens is 1. The second-order valence-corrected chi connectivity index (χ2v) is 4.93. The lowest BCUT2D eigenvalue weighted by atomic mass is 9.96. The second-order valence-electron chi connectivity index (χ2n) is 4.93. The topological polar surface area (TPSA) is 26.3 Å². The summed E-state index contributed by atoms with van der Waals surface area (Å²) in [5.41, 5.74) is 3.50. The van der Waals surface area contributed by atoms with Gasteiger partial charge in [-0.3, -0.25) is 4.79 Å². The van der Waals surface area contributed by atoms with Crippen LogP contribution in [0.1, 0.15) is 32.6 Å². The molecule has 0 aromatic heterocycles. The first-order valence-electron chi connectivity index (χ1n) is 6.40. The molecule has 0 bridgehead atoms. The number of hydrogen-bond donors (Lipinski definition) is 0. The van der Waals surface area contributed by atoms with Crippen LogP contribution < -0.4 is 4.74 Å². The highest BCUT2D eigenvalue weighted by Crippen LogP contribution is 2.26. The maximum atomic E-state index is 13.3. The van der Waals surface area contributed by atoms with Crippen LogP contribution >= 0.6 is 0 Å². The summed E-state index contributed by atoms with van der Waals surface area (Å²) in [6, 6.07) is 7.81. The number of carbonyl (C=O) groups is 1. The quantitative estimate of drug-likeness (QED) is 0.790. The summed E-state index contributed by atoms with van der Waals surface area (Å²) in [5.74, 6) is 0.203. The molecule has 2 nitrogen and oxygen atoms in total. The van der Waals surface area contributed by atoms with Gasteiger partial charge in [0.05, 0.1) is 7.11 Å². The number of carbonyl (C=O) groups excluding carboxylic acids is 1. The van der Waals surface area contributed by atoms with E-state index < -0.39 is 5.82 Å². The van der Waals surface area contributed by atoms with Gasteiger partial charge in [0, 0.05) is 11.1 Å². The van der Waals surface area contributed by atoms with Crippen molar-refractivity contribution < 1.29 is 13.9 Å². The maximum absolute atomic E-state index is 13.3. The summed E-state index contributed by atoms with van der Waals surface area (Å²) >= 11 is 0. The van der Waals surface area contributed by atoms with Gasteiger partial charge in [-0.25, -0.2) is 4.39 Å². The van der Waals surface area contributed by atoms with Crippen molar-refractivity contribution in [2.75, 3.05) is 7.11 Å².